The molecule has 1 fully saturated rings. The number of halogens is 2. The SMILES string of the molecule is CC(=O)N(CCC(=O)Nc1ccc(Cl)c(Cl)c1)CC1CCCO1. The molecule has 0 bridgehead atoms. The van der Waals surface area contributed by atoms with Crippen LogP contribution in [0.5, 0.6) is 0 Å². The van der Waals surface area contributed by atoms with Crippen molar-refractivity contribution in [2.75, 3.05) is 25.0 Å². The van der Waals surface area contributed by atoms with E-state index in [0.29, 0.717) is 28.8 Å². The van der Waals surface area contributed by atoms with Crippen LogP contribution in [0, 0.1) is 0 Å². The molecule has 1 saturated heterocycles. The summed E-state index contributed by atoms with van der Waals surface area (Å²) < 4.78 is 5.54. The molecule has 1 aliphatic rings. The number of benzene rings is 1. The second-order valence-corrected chi connectivity index (χ2v) is 6.34. The van der Waals surface area contributed by atoms with E-state index in [9.17, 15) is 9.59 Å². The van der Waals surface area contributed by atoms with Crippen molar-refractivity contribution in [1.29, 1.82) is 0 Å². The number of nitrogens with zero attached hydrogens (tertiary/aromatic N) is 1. The number of nitrogens with one attached hydrogen (secondary N) is 1. The zero-order chi connectivity index (χ0) is 16.8. The molecule has 1 aromatic carbocycles. The van der Waals surface area contributed by atoms with E-state index in [0.717, 1.165) is 19.4 Å². The second-order valence-electron chi connectivity index (χ2n) is 5.53. The van der Waals surface area contributed by atoms with Gasteiger partial charge >= 0.3 is 0 Å². The molecule has 1 N–H and O–H groups in total. The quantitative estimate of drug-likeness (QED) is 0.848. The molecule has 0 aromatic heterocycles. The molecule has 0 radical (unpaired) electrons. The zero-order valence-corrected chi connectivity index (χ0v) is 14.5. The van der Waals surface area contributed by atoms with Gasteiger partial charge in [0.05, 0.1) is 16.1 Å². The summed E-state index contributed by atoms with van der Waals surface area (Å²) in [7, 11) is 0. The molecule has 2 rings (SSSR count). The lowest BCUT2D eigenvalue weighted by molar-refractivity contribution is -0.130. The van der Waals surface area contributed by atoms with Gasteiger partial charge < -0.3 is 15.0 Å². The van der Waals surface area contributed by atoms with Gasteiger partial charge in [0, 0.05) is 38.7 Å². The Morgan fingerprint density at radius 3 is 2.74 bits per heavy atom. The minimum Gasteiger partial charge on any atom is -0.376 e. The van der Waals surface area contributed by atoms with Crippen LogP contribution in [0.2, 0.25) is 10.0 Å². The van der Waals surface area contributed by atoms with Crippen LogP contribution < -0.4 is 5.32 Å². The Labute approximate surface area is 145 Å². The number of carbonyl (C=O) groups is 2. The average molecular weight is 359 g/mol. The monoisotopic (exact) mass is 358 g/mol. The van der Waals surface area contributed by atoms with Crippen LogP contribution >= 0.6 is 23.2 Å². The molecule has 23 heavy (non-hydrogen) atoms. The highest BCUT2D eigenvalue weighted by Gasteiger charge is 2.21. The largest absolute Gasteiger partial charge is 0.376 e. The van der Waals surface area contributed by atoms with Crippen molar-refractivity contribution in [2.24, 2.45) is 0 Å². The van der Waals surface area contributed by atoms with Crippen LogP contribution in [0.4, 0.5) is 5.69 Å². The van der Waals surface area contributed by atoms with Gasteiger partial charge in [-0.3, -0.25) is 9.59 Å². The molecule has 1 heterocycles. The van der Waals surface area contributed by atoms with E-state index < -0.39 is 0 Å². The van der Waals surface area contributed by atoms with Crippen LogP contribution in [0.1, 0.15) is 26.2 Å². The summed E-state index contributed by atoms with van der Waals surface area (Å²) >= 11 is 11.7. The molecule has 0 aliphatic carbocycles. The van der Waals surface area contributed by atoms with Crippen LogP contribution in [0.25, 0.3) is 0 Å². The number of ether oxygens (including phenoxy) is 1. The fourth-order valence-electron chi connectivity index (χ4n) is 2.45. The van der Waals surface area contributed by atoms with Crippen molar-refractivity contribution in [1.82, 2.24) is 4.90 Å². The number of hydrogen-bond donors (Lipinski definition) is 1. The van der Waals surface area contributed by atoms with Gasteiger partial charge in [-0.1, -0.05) is 23.2 Å². The minimum absolute atomic E-state index is 0.0529. The highest BCUT2D eigenvalue weighted by molar-refractivity contribution is 6.42. The van der Waals surface area contributed by atoms with Gasteiger partial charge in [0.1, 0.15) is 0 Å². The van der Waals surface area contributed by atoms with Gasteiger partial charge in [0.2, 0.25) is 11.8 Å². The van der Waals surface area contributed by atoms with E-state index in [1.807, 2.05) is 0 Å². The number of anilines is 1. The molecule has 1 aliphatic heterocycles. The Bertz CT molecular complexity index is 574. The molecule has 1 atom stereocenters. The summed E-state index contributed by atoms with van der Waals surface area (Å²) in [4.78, 5) is 25.4. The topological polar surface area (TPSA) is 58.6 Å². The van der Waals surface area contributed by atoms with E-state index >= 15 is 0 Å². The first kappa shape index (κ1) is 18.0. The maximum atomic E-state index is 12.0. The smallest absolute Gasteiger partial charge is 0.226 e. The van der Waals surface area contributed by atoms with E-state index in [4.69, 9.17) is 27.9 Å². The van der Waals surface area contributed by atoms with Gasteiger partial charge in [-0.05, 0) is 31.0 Å². The van der Waals surface area contributed by atoms with Gasteiger partial charge in [0.25, 0.3) is 0 Å². The third-order valence-electron chi connectivity index (χ3n) is 3.71. The highest BCUT2D eigenvalue weighted by Crippen LogP contribution is 2.25. The van der Waals surface area contributed by atoms with Crippen LogP contribution in [-0.2, 0) is 14.3 Å². The zero-order valence-electron chi connectivity index (χ0n) is 13.0. The highest BCUT2D eigenvalue weighted by atomic mass is 35.5. The average Bonchev–Trinajstić information content (AvgIpc) is 3.00. The summed E-state index contributed by atoms with van der Waals surface area (Å²) in [5.74, 6) is -0.232. The van der Waals surface area contributed by atoms with Crippen molar-refractivity contribution in [2.45, 2.75) is 32.3 Å². The lowest BCUT2D eigenvalue weighted by Gasteiger charge is -2.23. The molecule has 126 valence electrons. The van der Waals surface area contributed by atoms with Crippen molar-refractivity contribution in [3.05, 3.63) is 28.2 Å². The Kier molecular flexibility index (Phi) is 6.69. The molecular weight excluding hydrogens is 339 g/mol. The molecule has 0 spiro atoms. The Balaban J connectivity index is 1.83. The maximum absolute atomic E-state index is 12.0. The van der Waals surface area contributed by atoms with Crippen molar-refractivity contribution < 1.29 is 14.3 Å². The fraction of sp³-hybridized carbons (Fsp3) is 0.500. The summed E-state index contributed by atoms with van der Waals surface area (Å²) in [6.07, 6.45) is 2.28. The molecular formula is C16H20Cl2N2O3. The summed E-state index contributed by atoms with van der Waals surface area (Å²) in [5, 5.41) is 3.56. The number of rotatable bonds is 6. The Hall–Kier alpha value is -1.30. The van der Waals surface area contributed by atoms with Crippen molar-refractivity contribution in [3.8, 4) is 0 Å². The minimum atomic E-state index is -0.179. The number of carbonyl (C=O) groups excluding carboxylic acids is 2. The Morgan fingerprint density at radius 1 is 1.35 bits per heavy atom. The van der Waals surface area contributed by atoms with Crippen LogP contribution in [0.3, 0.4) is 0 Å². The molecule has 7 heteroatoms. The van der Waals surface area contributed by atoms with Gasteiger partial charge in [0.15, 0.2) is 0 Å². The van der Waals surface area contributed by atoms with E-state index in [1.165, 1.54) is 6.92 Å². The van der Waals surface area contributed by atoms with Crippen LogP contribution in [-0.4, -0.2) is 42.5 Å². The lowest BCUT2D eigenvalue weighted by atomic mass is 10.2. The first-order chi connectivity index (χ1) is 11.0. The maximum Gasteiger partial charge on any atom is 0.226 e. The predicted molar refractivity (Wildman–Crippen MR) is 90.9 cm³/mol. The number of hydrogen-bond acceptors (Lipinski definition) is 3. The van der Waals surface area contributed by atoms with E-state index in [2.05, 4.69) is 5.32 Å². The molecule has 5 nitrogen and oxygen atoms in total. The van der Waals surface area contributed by atoms with Crippen molar-refractivity contribution in [3.63, 3.8) is 0 Å². The second kappa shape index (κ2) is 8.52. The third kappa shape index (κ3) is 5.68. The summed E-state index contributed by atoms with van der Waals surface area (Å²) in [5.41, 5.74) is 0.581. The molecule has 1 aromatic rings. The standard InChI is InChI=1S/C16H20Cl2N2O3/c1-11(21)20(10-13-3-2-8-23-13)7-6-16(22)19-12-4-5-14(17)15(18)9-12/h4-5,9,13H,2-3,6-8,10H2,1H3,(H,19,22). The number of amides is 2. The van der Waals surface area contributed by atoms with Gasteiger partial charge in [-0.15, -0.1) is 0 Å². The molecule has 0 saturated carbocycles. The van der Waals surface area contributed by atoms with Gasteiger partial charge in [-0.25, -0.2) is 0 Å². The first-order valence-corrected chi connectivity index (χ1v) is 8.33. The van der Waals surface area contributed by atoms with Gasteiger partial charge in [-0.2, -0.15) is 0 Å². The van der Waals surface area contributed by atoms with E-state index in [1.54, 1.807) is 23.1 Å². The summed E-state index contributed by atoms with van der Waals surface area (Å²) in [6, 6.07) is 4.90. The Morgan fingerprint density at radius 2 is 2.13 bits per heavy atom. The van der Waals surface area contributed by atoms with Crippen LogP contribution in [0.15, 0.2) is 18.2 Å². The predicted octanol–water partition coefficient (Wildman–Crippen LogP) is 3.35. The molecule has 1 unspecified atom stereocenters. The first-order valence-electron chi connectivity index (χ1n) is 7.57. The third-order valence-corrected chi connectivity index (χ3v) is 4.44. The van der Waals surface area contributed by atoms with Crippen molar-refractivity contribution >= 4 is 40.7 Å². The lowest BCUT2D eigenvalue weighted by Crippen LogP contribution is -2.37. The molecule has 2 amide bonds. The van der Waals surface area contributed by atoms with E-state index in [-0.39, 0.29) is 24.3 Å². The summed E-state index contributed by atoms with van der Waals surface area (Å²) in [6.45, 7) is 3.15. The normalized spacial score (nSPS) is 17.1. The fourth-order valence-corrected chi connectivity index (χ4v) is 2.74.